The number of carbonyl (C=O) groups excluding carboxylic acids is 2. The molecule has 1 rings (SSSR count). The van der Waals surface area contributed by atoms with E-state index in [4.69, 9.17) is 4.74 Å². The van der Waals surface area contributed by atoms with Crippen LogP contribution in [-0.2, 0) is 15.1 Å². The minimum Gasteiger partial charge on any atom is -0.444 e. The summed E-state index contributed by atoms with van der Waals surface area (Å²) >= 11 is 0. The number of nitrogens with one attached hydrogen (secondary N) is 1. The predicted octanol–water partition coefficient (Wildman–Crippen LogP) is 2.91. The van der Waals surface area contributed by atoms with E-state index >= 15 is 0 Å². The first-order chi connectivity index (χ1) is 9.03. The Morgan fingerprint density at radius 2 is 1.85 bits per heavy atom. The van der Waals surface area contributed by atoms with Crippen molar-refractivity contribution in [3.63, 3.8) is 0 Å². The van der Waals surface area contributed by atoms with Crippen molar-refractivity contribution in [3.8, 4) is 0 Å². The highest BCUT2D eigenvalue weighted by Crippen LogP contribution is 2.31. The molecule has 1 unspecified atom stereocenters. The number of aromatic nitrogens is 1. The molecule has 0 bridgehead atoms. The number of nitrogens with zero attached hydrogens (tertiary/aromatic N) is 1. The Hall–Kier alpha value is -1.78. The molecular formula is C15H24N2O3. The lowest BCUT2D eigenvalue weighted by Gasteiger charge is -2.36. The summed E-state index contributed by atoms with van der Waals surface area (Å²) in [6, 6.07) is 0. The molecule has 0 radical (unpaired) electrons. The maximum atomic E-state index is 12.2. The van der Waals surface area contributed by atoms with Crippen LogP contribution < -0.4 is 0 Å². The van der Waals surface area contributed by atoms with Crippen molar-refractivity contribution >= 4 is 12.4 Å². The van der Waals surface area contributed by atoms with Gasteiger partial charge >= 0.3 is 6.09 Å². The van der Waals surface area contributed by atoms with Gasteiger partial charge in [0.1, 0.15) is 17.4 Å². The summed E-state index contributed by atoms with van der Waals surface area (Å²) in [5.41, 5.74) is 0.953. The summed E-state index contributed by atoms with van der Waals surface area (Å²) in [4.78, 5) is 28.3. The zero-order valence-electron chi connectivity index (χ0n) is 13.3. The zero-order valence-corrected chi connectivity index (χ0v) is 13.3. The third-order valence-corrected chi connectivity index (χ3v) is 3.37. The molecule has 0 saturated heterocycles. The Labute approximate surface area is 120 Å². The summed E-state index contributed by atoms with van der Waals surface area (Å²) in [5, 5.41) is 0. The molecule has 0 saturated carbocycles. The number of likely N-dealkylation sites (N-methyl/N-ethyl adjacent to an activating group) is 1. The SMILES string of the molecule is Cc1c[nH]c(C)c1C(C)(C=O)N(C)C(=O)OC(C)(C)C. The number of hydrogen-bond donors (Lipinski definition) is 1. The van der Waals surface area contributed by atoms with Gasteiger partial charge in [-0.05, 0) is 47.1 Å². The molecule has 1 aromatic heterocycles. The van der Waals surface area contributed by atoms with Crippen molar-refractivity contribution < 1.29 is 14.3 Å². The van der Waals surface area contributed by atoms with Gasteiger partial charge in [0.2, 0.25) is 0 Å². The number of aromatic amines is 1. The smallest absolute Gasteiger partial charge is 0.411 e. The number of aryl methyl sites for hydroxylation is 2. The van der Waals surface area contributed by atoms with Gasteiger partial charge in [0, 0.05) is 24.5 Å². The number of H-pyrrole nitrogens is 1. The van der Waals surface area contributed by atoms with Crippen molar-refractivity contribution in [2.45, 2.75) is 52.7 Å². The molecule has 0 aliphatic heterocycles. The first-order valence-corrected chi connectivity index (χ1v) is 6.61. The normalized spacial score (nSPS) is 14.6. The Morgan fingerprint density at radius 1 is 1.30 bits per heavy atom. The highest BCUT2D eigenvalue weighted by Gasteiger charge is 2.39. The number of ether oxygens (including phenoxy) is 1. The quantitative estimate of drug-likeness (QED) is 0.866. The van der Waals surface area contributed by atoms with E-state index in [2.05, 4.69) is 4.98 Å². The molecule has 1 aromatic rings. The maximum absolute atomic E-state index is 12.2. The van der Waals surface area contributed by atoms with Crippen LogP contribution in [0.3, 0.4) is 0 Å². The Bertz CT molecular complexity index is 494. The van der Waals surface area contributed by atoms with Crippen LogP contribution in [0.25, 0.3) is 0 Å². The van der Waals surface area contributed by atoms with Crippen LogP contribution in [0.5, 0.6) is 0 Å². The van der Waals surface area contributed by atoms with Crippen molar-refractivity contribution in [1.82, 2.24) is 9.88 Å². The van der Waals surface area contributed by atoms with Crippen LogP contribution in [0.2, 0.25) is 0 Å². The number of amides is 1. The minimum absolute atomic E-state index is 0.521. The van der Waals surface area contributed by atoms with E-state index in [-0.39, 0.29) is 0 Å². The predicted molar refractivity (Wildman–Crippen MR) is 77.7 cm³/mol. The molecule has 0 spiro atoms. The Balaban J connectivity index is 3.18. The first kappa shape index (κ1) is 16.3. The standard InChI is InChI=1S/C15H24N2O3/c1-10-8-16-11(2)12(10)15(6,9-18)17(7)13(19)20-14(3,4)5/h8-9,16H,1-7H3. The van der Waals surface area contributed by atoms with E-state index in [0.717, 1.165) is 23.1 Å². The van der Waals surface area contributed by atoms with Gasteiger partial charge in [-0.1, -0.05) is 0 Å². The third-order valence-electron chi connectivity index (χ3n) is 3.37. The lowest BCUT2D eigenvalue weighted by molar-refractivity contribution is -0.117. The van der Waals surface area contributed by atoms with Gasteiger partial charge in [0.05, 0.1) is 0 Å². The summed E-state index contributed by atoms with van der Waals surface area (Å²) in [7, 11) is 1.58. The lowest BCUT2D eigenvalue weighted by atomic mass is 9.89. The van der Waals surface area contributed by atoms with Gasteiger partial charge in [-0.15, -0.1) is 0 Å². The van der Waals surface area contributed by atoms with Crippen LogP contribution in [0.4, 0.5) is 4.79 Å². The fraction of sp³-hybridized carbons (Fsp3) is 0.600. The first-order valence-electron chi connectivity index (χ1n) is 6.61. The molecule has 1 N–H and O–H groups in total. The maximum Gasteiger partial charge on any atom is 0.411 e. The highest BCUT2D eigenvalue weighted by atomic mass is 16.6. The van der Waals surface area contributed by atoms with Crippen LogP contribution in [0.15, 0.2) is 6.20 Å². The van der Waals surface area contributed by atoms with E-state index in [9.17, 15) is 9.59 Å². The molecular weight excluding hydrogens is 256 g/mol. The van der Waals surface area contributed by atoms with E-state index in [1.165, 1.54) is 4.90 Å². The second-order valence-corrected chi connectivity index (χ2v) is 6.28. The van der Waals surface area contributed by atoms with E-state index < -0.39 is 17.2 Å². The number of hydrogen-bond acceptors (Lipinski definition) is 3. The van der Waals surface area contributed by atoms with Crippen molar-refractivity contribution in [3.05, 3.63) is 23.0 Å². The molecule has 1 heterocycles. The monoisotopic (exact) mass is 280 g/mol. The topological polar surface area (TPSA) is 62.4 Å². The second-order valence-electron chi connectivity index (χ2n) is 6.28. The van der Waals surface area contributed by atoms with Crippen LogP contribution in [0, 0.1) is 13.8 Å². The fourth-order valence-corrected chi connectivity index (χ4v) is 2.26. The summed E-state index contributed by atoms with van der Waals surface area (Å²) in [6.45, 7) is 10.9. The van der Waals surface area contributed by atoms with E-state index in [1.807, 2.05) is 20.0 Å². The van der Waals surface area contributed by atoms with Crippen molar-refractivity contribution in [2.75, 3.05) is 7.05 Å². The van der Waals surface area contributed by atoms with Gasteiger partial charge in [0.15, 0.2) is 0 Å². The number of rotatable bonds is 3. The Morgan fingerprint density at radius 3 is 2.20 bits per heavy atom. The van der Waals surface area contributed by atoms with Gasteiger partial charge < -0.3 is 14.5 Å². The summed E-state index contributed by atoms with van der Waals surface area (Å²) < 4.78 is 5.34. The number of aldehydes is 1. The van der Waals surface area contributed by atoms with Crippen LogP contribution in [-0.4, -0.2) is 34.9 Å². The molecule has 1 atom stereocenters. The van der Waals surface area contributed by atoms with Gasteiger partial charge in [-0.25, -0.2) is 4.79 Å². The Kier molecular flexibility index (Phi) is 4.32. The third kappa shape index (κ3) is 3.03. The summed E-state index contributed by atoms with van der Waals surface area (Å²) in [5.74, 6) is 0. The van der Waals surface area contributed by atoms with Crippen molar-refractivity contribution in [2.24, 2.45) is 0 Å². The zero-order chi connectivity index (χ0) is 15.7. The molecule has 20 heavy (non-hydrogen) atoms. The molecule has 0 aromatic carbocycles. The lowest BCUT2D eigenvalue weighted by Crippen LogP contribution is -2.48. The molecule has 112 valence electrons. The van der Waals surface area contributed by atoms with Crippen LogP contribution in [0.1, 0.15) is 44.5 Å². The van der Waals surface area contributed by atoms with Crippen molar-refractivity contribution in [1.29, 1.82) is 0 Å². The fourth-order valence-electron chi connectivity index (χ4n) is 2.26. The number of carbonyl (C=O) groups is 2. The average molecular weight is 280 g/mol. The van der Waals surface area contributed by atoms with E-state index in [1.54, 1.807) is 34.7 Å². The molecule has 5 nitrogen and oxygen atoms in total. The molecule has 0 fully saturated rings. The van der Waals surface area contributed by atoms with Gasteiger partial charge in [-0.3, -0.25) is 4.90 Å². The minimum atomic E-state index is -1.06. The largest absolute Gasteiger partial charge is 0.444 e. The molecule has 0 aliphatic carbocycles. The molecule has 0 aliphatic rings. The molecule has 1 amide bonds. The average Bonchev–Trinajstić information content (AvgIpc) is 2.65. The van der Waals surface area contributed by atoms with E-state index in [0.29, 0.717) is 0 Å². The summed E-state index contributed by atoms with van der Waals surface area (Å²) in [6.07, 6.45) is 2.09. The van der Waals surface area contributed by atoms with Crippen LogP contribution >= 0.6 is 0 Å². The molecule has 5 heteroatoms. The van der Waals surface area contributed by atoms with Gasteiger partial charge in [0.25, 0.3) is 0 Å². The second kappa shape index (κ2) is 5.31. The highest BCUT2D eigenvalue weighted by molar-refractivity contribution is 5.78. The van der Waals surface area contributed by atoms with Gasteiger partial charge in [-0.2, -0.15) is 0 Å².